The largest absolute Gasteiger partial charge is 0.396 e. The quantitative estimate of drug-likeness (QED) is 0.775. The molecule has 1 aromatic heterocycles. The molecule has 0 aliphatic heterocycles. The zero-order valence-electron chi connectivity index (χ0n) is 10.2. The lowest BCUT2D eigenvalue weighted by atomic mass is 10.0. The molecule has 92 valence electrons. The summed E-state index contributed by atoms with van der Waals surface area (Å²) in [6.07, 6.45) is 5.33. The first-order valence-corrected chi connectivity index (χ1v) is 6.06. The van der Waals surface area contributed by atoms with E-state index in [2.05, 4.69) is 11.4 Å². The van der Waals surface area contributed by atoms with Gasteiger partial charge in [-0.1, -0.05) is 0 Å². The first kappa shape index (κ1) is 12.2. The van der Waals surface area contributed by atoms with E-state index in [1.165, 1.54) is 12.8 Å². The van der Waals surface area contributed by atoms with Gasteiger partial charge in [-0.25, -0.2) is 0 Å². The molecular formula is C13H19N3O. The van der Waals surface area contributed by atoms with Gasteiger partial charge >= 0.3 is 0 Å². The molecule has 17 heavy (non-hydrogen) atoms. The van der Waals surface area contributed by atoms with Crippen LogP contribution >= 0.6 is 0 Å². The Labute approximate surface area is 102 Å². The predicted molar refractivity (Wildman–Crippen MR) is 65.2 cm³/mol. The lowest BCUT2D eigenvalue weighted by Crippen LogP contribution is -2.24. The van der Waals surface area contributed by atoms with E-state index in [4.69, 9.17) is 10.4 Å². The van der Waals surface area contributed by atoms with Crippen molar-refractivity contribution in [1.82, 2.24) is 9.88 Å². The summed E-state index contributed by atoms with van der Waals surface area (Å²) in [5.74, 6) is 0. The third-order valence-corrected chi connectivity index (χ3v) is 3.60. The number of hydrogen-bond donors (Lipinski definition) is 2. The molecule has 2 rings (SSSR count). The number of hydrogen-bond acceptors (Lipinski definition) is 3. The van der Waals surface area contributed by atoms with Crippen LogP contribution in [0.2, 0.25) is 0 Å². The number of nitriles is 1. The van der Waals surface area contributed by atoms with E-state index in [0.717, 1.165) is 25.1 Å². The first-order valence-electron chi connectivity index (χ1n) is 6.06. The fourth-order valence-corrected chi connectivity index (χ4v) is 2.24. The number of aromatic nitrogens is 1. The van der Waals surface area contributed by atoms with Gasteiger partial charge in [-0.05, 0) is 36.3 Å². The number of aliphatic hydroxyl groups is 1. The van der Waals surface area contributed by atoms with Gasteiger partial charge in [0.25, 0.3) is 0 Å². The highest BCUT2D eigenvalue weighted by atomic mass is 16.3. The van der Waals surface area contributed by atoms with E-state index in [9.17, 15) is 0 Å². The number of aryl methyl sites for hydroxylation is 1. The number of rotatable bonds is 6. The highest BCUT2D eigenvalue weighted by molar-refractivity contribution is 5.28. The topological polar surface area (TPSA) is 61.0 Å². The fourth-order valence-electron chi connectivity index (χ4n) is 2.24. The van der Waals surface area contributed by atoms with Crippen LogP contribution in [0.4, 0.5) is 0 Å². The van der Waals surface area contributed by atoms with Gasteiger partial charge in [-0.15, -0.1) is 0 Å². The Morgan fingerprint density at radius 3 is 2.88 bits per heavy atom. The highest BCUT2D eigenvalue weighted by Crippen LogP contribution is 2.47. The second-order valence-corrected chi connectivity index (χ2v) is 5.03. The Kier molecular flexibility index (Phi) is 3.51. The summed E-state index contributed by atoms with van der Waals surface area (Å²) in [7, 11) is 1.89. The molecule has 0 spiro atoms. The number of nitrogens with zero attached hydrogens (tertiary/aromatic N) is 2. The van der Waals surface area contributed by atoms with Crippen LogP contribution in [0.5, 0.6) is 0 Å². The molecule has 1 fully saturated rings. The molecular weight excluding hydrogens is 214 g/mol. The van der Waals surface area contributed by atoms with Gasteiger partial charge in [0.2, 0.25) is 0 Å². The lowest BCUT2D eigenvalue weighted by molar-refractivity contribution is 0.245. The summed E-state index contributed by atoms with van der Waals surface area (Å²) in [6, 6.07) is 4.07. The summed E-state index contributed by atoms with van der Waals surface area (Å²) in [5.41, 5.74) is 2.18. The van der Waals surface area contributed by atoms with E-state index in [0.29, 0.717) is 11.1 Å². The SMILES string of the molecule is Cn1cc(CNCC2(CCO)CC2)cc1C#N. The van der Waals surface area contributed by atoms with Crippen LogP contribution in [0.1, 0.15) is 30.5 Å². The zero-order chi connectivity index (χ0) is 12.3. The van der Waals surface area contributed by atoms with Crippen LogP contribution in [0.3, 0.4) is 0 Å². The van der Waals surface area contributed by atoms with Crippen molar-refractivity contribution in [3.63, 3.8) is 0 Å². The second-order valence-electron chi connectivity index (χ2n) is 5.03. The van der Waals surface area contributed by atoms with E-state index in [1.54, 1.807) is 0 Å². The van der Waals surface area contributed by atoms with Crippen molar-refractivity contribution in [2.24, 2.45) is 12.5 Å². The summed E-state index contributed by atoms with van der Waals surface area (Å²) < 4.78 is 1.84. The van der Waals surface area contributed by atoms with Crippen molar-refractivity contribution >= 4 is 0 Å². The van der Waals surface area contributed by atoms with Gasteiger partial charge in [0.05, 0.1) is 0 Å². The maximum absolute atomic E-state index is 8.96. The Bertz CT molecular complexity index is 426. The molecule has 0 saturated heterocycles. The third-order valence-electron chi connectivity index (χ3n) is 3.60. The van der Waals surface area contributed by atoms with E-state index < -0.39 is 0 Å². The van der Waals surface area contributed by atoms with Gasteiger partial charge in [0.1, 0.15) is 11.8 Å². The Morgan fingerprint density at radius 1 is 1.59 bits per heavy atom. The molecule has 1 saturated carbocycles. The number of aliphatic hydroxyl groups excluding tert-OH is 1. The molecule has 1 heterocycles. The van der Waals surface area contributed by atoms with Crippen LogP contribution in [0.25, 0.3) is 0 Å². The molecule has 4 heteroatoms. The molecule has 0 atom stereocenters. The monoisotopic (exact) mass is 233 g/mol. The molecule has 1 aromatic rings. The maximum Gasteiger partial charge on any atom is 0.120 e. The molecule has 1 aliphatic rings. The smallest absolute Gasteiger partial charge is 0.120 e. The molecule has 0 amide bonds. The van der Waals surface area contributed by atoms with Crippen molar-refractivity contribution in [1.29, 1.82) is 5.26 Å². The summed E-state index contributed by atoms with van der Waals surface area (Å²) >= 11 is 0. The van der Waals surface area contributed by atoms with Gasteiger partial charge < -0.3 is 15.0 Å². The van der Waals surface area contributed by atoms with E-state index in [-0.39, 0.29) is 6.61 Å². The maximum atomic E-state index is 8.96. The van der Waals surface area contributed by atoms with Crippen molar-refractivity contribution in [3.8, 4) is 6.07 Å². The lowest BCUT2D eigenvalue weighted by Gasteiger charge is -2.13. The van der Waals surface area contributed by atoms with Crippen LogP contribution in [0.15, 0.2) is 12.3 Å². The van der Waals surface area contributed by atoms with Gasteiger partial charge in [0, 0.05) is 32.9 Å². The van der Waals surface area contributed by atoms with Crippen LogP contribution in [0, 0.1) is 16.7 Å². The standard InChI is InChI=1S/C13H19N3O/c1-16-9-11(6-12(16)7-14)8-15-10-13(2-3-13)4-5-17/h6,9,15,17H,2-5,8,10H2,1H3. The molecule has 1 aliphatic carbocycles. The minimum Gasteiger partial charge on any atom is -0.396 e. The molecule has 0 unspecified atom stereocenters. The average Bonchev–Trinajstić information content (AvgIpc) is 2.96. The normalized spacial score (nSPS) is 16.8. The Hall–Kier alpha value is -1.31. The first-order chi connectivity index (χ1) is 8.19. The summed E-state index contributed by atoms with van der Waals surface area (Å²) in [6.45, 7) is 2.04. The minimum absolute atomic E-state index is 0.283. The van der Waals surface area contributed by atoms with E-state index >= 15 is 0 Å². The van der Waals surface area contributed by atoms with Gasteiger partial charge in [-0.2, -0.15) is 5.26 Å². The van der Waals surface area contributed by atoms with E-state index in [1.807, 2.05) is 23.9 Å². The van der Waals surface area contributed by atoms with Crippen molar-refractivity contribution in [2.75, 3.05) is 13.2 Å². The summed E-state index contributed by atoms with van der Waals surface area (Å²) in [4.78, 5) is 0. The van der Waals surface area contributed by atoms with Crippen molar-refractivity contribution in [2.45, 2.75) is 25.8 Å². The van der Waals surface area contributed by atoms with Gasteiger partial charge in [-0.3, -0.25) is 0 Å². The summed E-state index contributed by atoms with van der Waals surface area (Å²) in [5, 5.41) is 21.2. The zero-order valence-corrected chi connectivity index (χ0v) is 10.2. The molecule has 0 bridgehead atoms. The predicted octanol–water partition coefficient (Wildman–Crippen LogP) is 1.15. The number of nitrogens with one attached hydrogen (secondary N) is 1. The van der Waals surface area contributed by atoms with Crippen LogP contribution in [-0.4, -0.2) is 22.8 Å². The second kappa shape index (κ2) is 4.91. The van der Waals surface area contributed by atoms with Crippen molar-refractivity contribution < 1.29 is 5.11 Å². The molecule has 2 N–H and O–H groups in total. The highest BCUT2D eigenvalue weighted by Gasteiger charge is 2.41. The molecule has 0 aromatic carbocycles. The molecule has 0 radical (unpaired) electrons. The van der Waals surface area contributed by atoms with Gasteiger partial charge in [0.15, 0.2) is 0 Å². The Balaban J connectivity index is 1.80. The Morgan fingerprint density at radius 2 is 2.35 bits per heavy atom. The fraction of sp³-hybridized carbons (Fsp3) is 0.615. The third kappa shape index (κ3) is 2.87. The van der Waals surface area contributed by atoms with Crippen molar-refractivity contribution in [3.05, 3.63) is 23.5 Å². The average molecular weight is 233 g/mol. The minimum atomic E-state index is 0.283. The molecule has 4 nitrogen and oxygen atoms in total. The van der Waals surface area contributed by atoms with Crippen LogP contribution in [-0.2, 0) is 13.6 Å². The van der Waals surface area contributed by atoms with Crippen LogP contribution < -0.4 is 5.32 Å².